The maximum absolute atomic E-state index is 2.59. The van der Waals surface area contributed by atoms with Gasteiger partial charge in [0.1, 0.15) is 0 Å². The Bertz CT molecular complexity index is 3410. The van der Waals surface area contributed by atoms with Crippen molar-refractivity contribution in [1.82, 2.24) is 0 Å². The molecule has 254 valence electrons. The first kappa shape index (κ1) is 30.2. The molecule has 1 aliphatic rings. The molecule has 0 amide bonds. The van der Waals surface area contributed by atoms with E-state index in [1.807, 2.05) is 0 Å². The highest BCUT2D eigenvalue weighted by Gasteiger charge is 2.33. The largest absolute Gasteiger partial charge is 0.0622 e. The van der Waals surface area contributed by atoms with E-state index in [4.69, 9.17) is 0 Å². The highest BCUT2D eigenvalue weighted by molar-refractivity contribution is 6.34. The van der Waals surface area contributed by atoms with E-state index in [1.165, 1.54) is 131 Å². The number of benzene rings is 11. The molecule has 0 aliphatic heterocycles. The van der Waals surface area contributed by atoms with E-state index in [-0.39, 0.29) is 0 Å². The minimum absolute atomic E-state index is 0.333. The maximum atomic E-state index is 2.59. The molecule has 0 atom stereocenters. The monoisotopic (exact) mass is 686 g/mol. The van der Waals surface area contributed by atoms with Crippen molar-refractivity contribution in [3.05, 3.63) is 157 Å². The molecule has 0 N–H and O–H groups in total. The second-order valence-corrected chi connectivity index (χ2v) is 16.4. The highest BCUT2D eigenvalue weighted by Crippen LogP contribution is 2.58. The summed E-state index contributed by atoms with van der Waals surface area (Å²) in [4.78, 5) is 0. The summed E-state index contributed by atoms with van der Waals surface area (Å²) in [6.07, 6.45) is 0. The predicted octanol–water partition coefficient (Wildman–Crippen LogP) is 15.9. The Balaban J connectivity index is 1.29. The van der Waals surface area contributed by atoms with Crippen molar-refractivity contribution in [2.45, 2.75) is 39.5 Å². The van der Waals surface area contributed by atoms with Crippen LogP contribution >= 0.6 is 0 Å². The molecule has 11 aromatic rings. The summed E-state index contributed by atoms with van der Waals surface area (Å²) in [5.41, 5.74) is 11.2. The first-order chi connectivity index (χ1) is 26.4. The van der Waals surface area contributed by atoms with Gasteiger partial charge in [0.05, 0.1) is 0 Å². The van der Waals surface area contributed by atoms with Gasteiger partial charge in [0.2, 0.25) is 0 Å². The molecule has 0 heterocycles. The van der Waals surface area contributed by atoms with Crippen LogP contribution in [0.2, 0.25) is 0 Å². The molecule has 0 saturated carbocycles. The van der Waals surface area contributed by atoms with Gasteiger partial charge in [-0.1, -0.05) is 137 Å². The van der Waals surface area contributed by atoms with Crippen LogP contribution in [0.3, 0.4) is 0 Å². The Hall–Kier alpha value is -6.24. The van der Waals surface area contributed by atoms with Crippen LogP contribution in [0.15, 0.2) is 146 Å². The molecule has 0 bridgehead atoms. The third-order valence-electron chi connectivity index (χ3n) is 12.7. The summed E-state index contributed by atoms with van der Waals surface area (Å²) in [5, 5.41) is 21.6. The summed E-state index contributed by atoms with van der Waals surface area (Å²) in [7, 11) is 0. The molecule has 0 heteroatoms. The average molecular weight is 687 g/mol. The molecule has 11 aromatic carbocycles. The zero-order valence-corrected chi connectivity index (χ0v) is 31.0. The summed E-state index contributed by atoms with van der Waals surface area (Å²) < 4.78 is 0. The normalized spacial score (nSPS) is 12.8. The van der Waals surface area contributed by atoms with Crippen LogP contribution in [-0.4, -0.2) is 0 Å². The number of rotatable bonds is 3. The summed E-state index contributed by atoms with van der Waals surface area (Å²) in [6.45, 7) is 9.62. The van der Waals surface area contributed by atoms with Gasteiger partial charge in [0.15, 0.2) is 0 Å². The van der Waals surface area contributed by atoms with Crippen molar-refractivity contribution in [3.8, 4) is 33.4 Å². The Kier molecular flexibility index (Phi) is 5.98. The lowest BCUT2D eigenvalue weighted by Crippen LogP contribution is -2.02. The zero-order chi connectivity index (χ0) is 36.0. The lowest BCUT2D eigenvalue weighted by Gasteiger charge is -2.25. The lowest BCUT2D eigenvalue weighted by atomic mass is 9.79. The van der Waals surface area contributed by atoms with Crippen LogP contribution in [0.1, 0.15) is 50.7 Å². The molecule has 0 unspecified atom stereocenters. The molecular weight excluding hydrogens is 649 g/mol. The van der Waals surface area contributed by atoms with Crippen LogP contribution in [0.5, 0.6) is 0 Å². The molecule has 0 radical (unpaired) electrons. The smallest absolute Gasteiger partial charge is 0.00135 e. The Labute approximate surface area is 314 Å². The molecule has 1 aliphatic carbocycles. The SMILES string of the molecule is CC(C)c1c2c(c(C(C)C)c3cc4c5cc6ccccc6cc5c5cc(-c6ccccc6)ccc5c4cc13)-c1cc3cccc4ccc5ccc-2c1c5c43. The van der Waals surface area contributed by atoms with Gasteiger partial charge in [-0.25, -0.2) is 0 Å². The molecule has 0 spiro atoms. The van der Waals surface area contributed by atoms with Crippen LogP contribution in [0.25, 0.3) is 120 Å². The van der Waals surface area contributed by atoms with E-state index in [0.29, 0.717) is 11.8 Å². The molecule has 0 saturated heterocycles. The van der Waals surface area contributed by atoms with Gasteiger partial charge in [-0.3, -0.25) is 0 Å². The van der Waals surface area contributed by atoms with Gasteiger partial charge in [-0.2, -0.15) is 0 Å². The van der Waals surface area contributed by atoms with E-state index in [1.54, 1.807) is 0 Å². The Morgan fingerprint density at radius 2 is 0.833 bits per heavy atom. The van der Waals surface area contributed by atoms with Gasteiger partial charge in [0, 0.05) is 0 Å². The minimum atomic E-state index is 0.333. The first-order valence-corrected chi connectivity index (χ1v) is 19.6. The van der Waals surface area contributed by atoms with Crippen molar-refractivity contribution in [2.24, 2.45) is 0 Å². The standard InChI is InChI=1S/C54H38/c1-29(2)48-45-27-43-38-21-20-36(31-11-6-5-7-12-31)25-40(38)41-23-34-13-8-9-14-35(34)24-42(41)44(43)28-46(45)49(30(3)4)54-47-26-37-16-10-15-32-17-18-33-19-22-39(53(48)54)52(47)51(33)50(32)37/h5-30H,1-4H3. The highest BCUT2D eigenvalue weighted by atomic mass is 14.4. The molecule has 0 aromatic heterocycles. The first-order valence-electron chi connectivity index (χ1n) is 19.6. The molecular formula is C54H38. The summed E-state index contributed by atoms with van der Waals surface area (Å²) in [6, 6.07) is 55.6. The van der Waals surface area contributed by atoms with Gasteiger partial charge in [-0.05, 0) is 179 Å². The summed E-state index contributed by atoms with van der Waals surface area (Å²) in [5.74, 6) is 0.668. The van der Waals surface area contributed by atoms with Crippen LogP contribution in [0.4, 0.5) is 0 Å². The second kappa shape index (κ2) is 10.7. The molecule has 12 rings (SSSR count). The van der Waals surface area contributed by atoms with E-state index in [2.05, 4.69) is 173 Å². The third-order valence-corrected chi connectivity index (χ3v) is 12.7. The fourth-order valence-corrected chi connectivity index (χ4v) is 10.5. The number of fused-ring (bicyclic) bond motifs is 11. The van der Waals surface area contributed by atoms with E-state index >= 15 is 0 Å². The van der Waals surface area contributed by atoms with Gasteiger partial charge < -0.3 is 0 Å². The summed E-state index contributed by atoms with van der Waals surface area (Å²) >= 11 is 0. The average Bonchev–Trinajstić information content (AvgIpc) is 3.52. The van der Waals surface area contributed by atoms with E-state index in [9.17, 15) is 0 Å². The molecule has 0 fully saturated rings. The second-order valence-electron chi connectivity index (χ2n) is 16.4. The fourth-order valence-electron chi connectivity index (χ4n) is 10.5. The maximum Gasteiger partial charge on any atom is -0.00135 e. The topological polar surface area (TPSA) is 0 Å². The molecule has 0 nitrogen and oxygen atoms in total. The Morgan fingerprint density at radius 3 is 1.52 bits per heavy atom. The number of hydrogen-bond acceptors (Lipinski definition) is 0. The van der Waals surface area contributed by atoms with Crippen molar-refractivity contribution in [1.29, 1.82) is 0 Å². The Morgan fingerprint density at radius 1 is 0.296 bits per heavy atom. The van der Waals surface area contributed by atoms with E-state index < -0.39 is 0 Å². The van der Waals surface area contributed by atoms with Crippen LogP contribution < -0.4 is 0 Å². The third kappa shape index (κ3) is 3.88. The zero-order valence-electron chi connectivity index (χ0n) is 31.0. The van der Waals surface area contributed by atoms with E-state index in [0.717, 1.165) is 0 Å². The van der Waals surface area contributed by atoms with Crippen molar-refractivity contribution >= 4 is 86.2 Å². The van der Waals surface area contributed by atoms with Gasteiger partial charge >= 0.3 is 0 Å². The quantitative estimate of drug-likeness (QED) is 0.128. The van der Waals surface area contributed by atoms with Gasteiger partial charge in [-0.15, -0.1) is 0 Å². The lowest BCUT2D eigenvalue weighted by molar-refractivity contribution is 0.864. The minimum Gasteiger partial charge on any atom is -0.0622 e. The van der Waals surface area contributed by atoms with Crippen molar-refractivity contribution in [2.75, 3.05) is 0 Å². The van der Waals surface area contributed by atoms with Gasteiger partial charge in [0.25, 0.3) is 0 Å². The van der Waals surface area contributed by atoms with Crippen LogP contribution in [-0.2, 0) is 0 Å². The van der Waals surface area contributed by atoms with Crippen LogP contribution in [0, 0.1) is 0 Å². The molecule has 54 heavy (non-hydrogen) atoms. The fraction of sp³-hybridized carbons (Fsp3) is 0.111. The van der Waals surface area contributed by atoms with Crippen molar-refractivity contribution in [3.63, 3.8) is 0 Å². The van der Waals surface area contributed by atoms with Crippen molar-refractivity contribution < 1.29 is 0 Å². The number of hydrogen-bond donors (Lipinski definition) is 0. The predicted molar refractivity (Wildman–Crippen MR) is 236 cm³/mol.